The number of aliphatic imine (C=N–C) groups is 1. The summed E-state index contributed by atoms with van der Waals surface area (Å²) in [5, 5.41) is 6.60. The van der Waals surface area contributed by atoms with Gasteiger partial charge in [0.05, 0.1) is 9.28 Å². The second-order valence-electron chi connectivity index (χ2n) is 4.87. The zero-order valence-electron chi connectivity index (χ0n) is 13.3. The van der Waals surface area contributed by atoms with Crippen molar-refractivity contribution in [2.24, 2.45) is 4.99 Å². The minimum absolute atomic E-state index is 0.222. The smallest absolute Gasteiger partial charge is 0.259 e. The highest BCUT2D eigenvalue weighted by Crippen LogP contribution is 2.29. The SMILES string of the molecule is CN=CC(C(=O)Nc1ccccc1-c1ccc(Cl)cc1)=C(I)NC. The van der Waals surface area contributed by atoms with Crippen molar-refractivity contribution >= 4 is 52.0 Å². The average molecular weight is 454 g/mol. The van der Waals surface area contributed by atoms with E-state index in [1.54, 1.807) is 20.3 Å². The lowest BCUT2D eigenvalue weighted by molar-refractivity contribution is -0.112. The van der Waals surface area contributed by atoms with Crippen molar-refractivity contribution in [3.8, 4) is 11.1 Å². The molecule has 4 nitrogen and oxygen atoms in total. The van der Waals surface area contributed by atoms with Gasteiger partial charge in [0.15, 0.2) is 0 Å². The van der Waals surface area contributed by atoms with E-state index in [0.29, 0.717) is 10.6 Å². The Morgan fingerprint density at radius 2 is 1.83 bits per heavy atom. The Labute approximate surface area is 160 Å². The number of carbonyl (C=O) groups excluding carboxylic acids is 1. The van der Waals surface area contributed by atoms with Gasteiger partial charge >= 0.3 is 0 Å². The molecule has 6 heteroatoms. The van der Waals surface area contributed by atoms with Crippen LogP contribution in [0.25, 0.3) is 11.1 Å². The lowest BCUT2D eigenvalue weighted by atomic mass is 10.0. The molecule has 124 valence electrons. The fourth-order valence-electron chi connectivity index (χ4n) is 2.14. The molecule has 0 atom stereocenters. The maximum absolute atomic E-state index is 12.6. The van der Waals surface area contributed by atoms with Gasteiger partial charge in [0.25, 0.3) is 5.91 Å². The van der Waals surface area contributed by atoms with Crippen LogP contribution in [0.2, 0.25) is 5.02 Å². The van der Waals surface area contributed by atoms with Crippen molar-refractivity contribution in [2.45, 2.75) is 0 Å². The van der Waals surface area contributed by atoms with E-state index < -0.39 is 0 Å². The largest absolute Gasteiger partial charge is 0.383 e. The Morgan fingerprint density at radius 1 is 1.17 bits per heavy atom. The van der Waals surface area contributed by atoms with Crippen LogP contribution in [-0.4, -0.2) is 26.2 Å². The standard InChI is InChI=1S/C18H17ClIN3O/c1-21-11-15(17(20)22-2)18(24)23-16-6-4-3-5-14(16)12-7-9-13(19)10-8-12/h3-11,22H,1-2H3,(H,23,24). The second-order valence-corrected chi connectivity index (χ2v) is 6.39. The maximum atomic E-state index is 12.6. The van der Waals surface area contributed by atoms with Crippen LogP contribution in [0.15, 0.2) is 62.8 Å². The number of para-hydroxylation sites is 1. The van der Waals surface area contributed by atoms with Gasteiger partial charge < -0.3 is 10.6 Å². The van der Waals surface area contributed by atoms with Crippen LogP contribution in [-0.2, 0) is 4.79 Å². The van der Waals surface area contributed by atoms with Crippen molar-refractivity contribution in [3.05, 3.63) is 62.8 Å². The molecule has 0 saturated heterocycles. The van der Waals surface area contributed by atoms with E-state index in [-0.39, 0.29) is 5.91 Å². The molecule has 0 bridgehead atoms. The first-order valence-corrected chi connectivity index (χ1v) is 8.68. The fraction of sp³-hybridized carbons (Fsp3) is 0.111. The lowest BCUT2D eigenvalue weighted by Gasteiger charge is -2.12. The van der Waals surface area contributed by atoms with Crippen LogP contribution in [0.1, 0.15) is 0 Å². The summed E-state index contributed by atoms with van der Waals surface area (Å²) in [6.07, 6.45) is 1.54. The number of hydrogen-bond donors (Lipinski definition) is 2. The molecule has 0 fully saturated rings. The van der Waals surface area contributed by atoms with Crippen molar-refractivity contribution in [1.82, 2.24) is 5.32 Å². The van der Waals surface area contributed by atoms with Crippen LogP contribution < -0.4 is 10.6 Å². The molecule has 0 aromatic heterocycles. The molecule has 24 heavy (non-hydrogen) atoms. The van der Waals surface area contributed by atoms with E-state index in [9.17, 15) is 4.79 Å². The summed E-state index contributed by atoms with van der Waals surface area (Å²) >= 11 is 8.03. The molecule has 0 aliphatic heterocycles. The van der Waals surface area contributed by atoms with Gasteiger partial charge in [-0.05, 0) is 46.4 Å². The molecule has 2 aromatic rings. The average Bonchev–Trinajstić information content (AvgIpc) is 2.60. The van der Waals surface area contributed by atoms with Gasteiger partial charge in [-0.3, -0.25) is 9.79 Å². The molecule has 2 rings (SSSR count). The molecule has 0 aliphatic rings. The number of nitrogens with one attached hydrogen (secondary N) is 2. The van der Waals surface area contributed by atoms with Gasteiger partial charge in [0.2, 0.25) is 0 Å². The molecule has 0 spiro atoms. The minimum Gasteiger partial charge on any atom is -0.383 e. The Morgan fingerprint density at radius 3 is 2.46 bits per heavy atom. The Bertz CT molecular complexity index is 785. The van der Waals surface area contributed by atoms with Crippen molar-refractivity contribution in [2.75, 3.05) is 19.4 Å². The third-order valence-corrected chi connectivity index (χ3v) is 4.66. The summed E-state index contributed by atoms with van der Waals surface area (Å²) in [7, 11) is 3.40. The number of benzene rings is 2. The number of nitrogens with zero attached hydrogens (tertiary/aromatic N) is 1. The molecule has 2 N–H and O–H groups in total. The second kappa shape index (κ2) is 8.84. The molecule has 0 unspecified atom stereocenters. The van der Waals surface area contributed by atoms with Crippen LogP contribution in [0.4, 0.5) is 5.69 Å². The zero-order chi connectivity index (χ0) is 17.5. The van der Waals surface area contributed by atoms with Gasteiger partial charge in [0.1, 0.15) is 0 Å². The predicted molar refractivity (Wildman–Crippen MR) is 110 cm³/mol. The van der Waals surface area contributed by atoms with E-state index in [1.807, 2.05) is 48.5 Å². The van der Waals surface area contributed by atoms with Gasteiger partial charge in [-0.25, -0.2) is 0 Å². The van der Waals surface area contributed by atoms with Crippen LogP contribution in [0.5, 0.6) is 0 Å². The third-order valence-electron chi connectivity index (χ3n) is 3.29. The van der Waals surface area contributed by atoms with Crippen molar-refractivity contribution in [3.63, 3.8) is 0 Å². The molecule has 0 radical (unpaired) electrons. The monoisotopic (exact) mass is 453 g/mol. The van der Waals surface area contributed by atoms with E-state index >= 15 is 0 Å². The zero-order valence-corrected chi connectivity index (χ0v) is 16.2. The first kappa shape index (κ1) is 18.5. The maximum Gasteiger partial charge on any atom is 0.259 e. The summed E-state index contributed by atoms with van der Waals surface area (Å²) in [4.78, 5) is 16.6. The topological polar surface area (TPSA) is 53.5 Å². The molecule has 2 aromatic carbocycles. The van der Waals surface area contributed by atoms with Gasteiger partial charge in [-0.1, -0.05) is 41.9 Å². The van der Waals surface area contributed by atoms with E-state index in [4.69, 9.17) is 11.6 Å². The Hall–Kier alpha value is -1.86. The van der Waals surface area contributed by atoms with Crippen LogP contribution in [0.3, 0.4) is 0 Å². The quantitative estimate of drug-likeness (QED) is 0.303. The van der Waals surface area contributed by atoms with E-state index in [2.05, 4.69) is 38.2 Å². The number of hydrogen-bond acceptors (Lipinski definition) is 3. The molecule has 1 amide bonds. The summed E-state index contributed by atoms with van der Waals surface area (Å²) in [6.45, 7) is 0. The van der Waals surface area contributed by atoms with E-state index in [0.717, 1.165) is 20.5 Å². The normalized spacial score (nSPS) is 12.0. The molecule has 0 saturated carbocycles. The Balaban J connectivity index is 2.37. The molecule has 0 aliphatic carbocycles. The summed E-state index contributed by atoms with van der Waals surface area (Å²) < 4.78 is 0.722. The fourth-order valence-corrected chi connectivity index (χ4v) is 2.65. The van der Waals surface area contributed by atoms with Crippen molar-refractivity contribution < 1.29 is 4.79 Å². The van der Waals surface area contributed by atoms with Gasteiger partial charge in [-0.15, -0.1) is 0 Å². The number of halogens is 2. The van der Waals surface area contributed by atoms with Gasteiger partial charge in [0, 0.05) is 36.6 Å². The number of amides is 1. The first-order valence-electron chi connectivity index (χ1n) is 7.22. The highest BCUT2D eigenvalue weighted by molar-refractivity contribution is 14.1. The number of rotatable bonds is 5. The van der Waals surface area contributed by atoms with Gasteiger partial charge in [-0.2, -0.15) is 0 Å². The van der Waals surface area contributed by atoms with Crippen LogP contribution in [0, 0.1) is 0 Å². The summed E-state index contributed by atoms with van der Waals surface area (Å²) in [5.74, 6) is -0.222. The highest BCUT2D eigenvalue weighted by atomic mass is 127. The first-order chi connectivity index (χ1) is 11.6. The highest BCUT2D eigenvalue weighted by Gasteiger charge is 2.14. The predicted octanol–water partition coefficient (Wildman–Crippen LogP) is 4.51. The minimum atomic E-state index is -0.222. The third kappa shape index (κ3) is 4.58. The molecule has 0 heterocycles. The number of carbonyl (C=O) groups is 1. The lowest BCUT2D eigenvalue weighted by Crippen LogP contribution is -2.19. The number of anilines is 1. The molecular weight excluding hydrogens is 437 g/mol. The Kier molecular flexibility index (Phi) is 6.81. The molecular formula is C18H17ClIN3O. The van der Waals surface area contributed by atoms with Crippen LogP contribution >= 0.6 is 34.2 Å². The summed E-state index contributed by atoms with van der Waals surface area (Å²) in [5.41, 5.74) is 3.11. The van der Waals surface area contributed by atoms with E-state index in [1.165, 1.54) is 0 Å². The van der Waals surface area contributed by atoms with Crippen molar-refractivity contribution in [1.29, 1.82) is 0 Å². The summed E-state index contributed by atoms with van der Waals surface area (Å²) in [6, 6.07) is 15.2.